The lowest BCUT2D eigenvalue weighted by Crippen LogP contribution is -2.44. The predicted octanol–water partition coefficient (Wildman–Crippen LogP) is 6.82. The van der Waals surface area contributed by atoms with Gasteiger partial charge in [0.1, 0.15) is 6.67 Å². The third-order valence-electron chi connectivity index (χ3n) is 7.49. The molecule has 0 aromatic heterocycles. The van der Waals surface area contributed by atoms with Crippen LogP contribution < -0.4 is 21.4 Å². The summed E-state index contributed by atoms with van der Waals surface area (Å²) >= 11 is 0. The van der Waals surface area contributed by atoms with Crippen molar-refractivity contribution in [3.8, 4) is 0 Å². The molecule has 0 saturated heterocycles. The molecule has 0 spiro atoms. The zero-order valence-corrected chi connectivity index (χ0v) is 28.2. The topological polar surface area (TPSA) is 157 Å². The number of unbranched alkanes of at least 4 members (excludes halogenated alkanes) is 1. The second kappa shape index (κ2) is 16.4. The summed E-state index contributed by atoms with van der Waals surface area (Å²) in [6, 6.07) is 20.3. The van der Waals surface area contributed by atoms with Gasteiger partial charge in [-0.2, -0.15) is 4.99 Å². The van der Waals surface area contributed by atoms with Gasteiger partial charge in [-0.1, -0.05) is 33.1 Å². The summed E-state index contributed by atoms with van der Waals surface area (Å²) in [4.78, 5) is 45.8. The number of carboxylic acid groups (broad SMARTS) is 1. The maximum atomic E-state index is 12.7. The van der Waals surface area contributed by atoms with Crippen molar-refractivity contribution in [2.75, 3.05) is 29.3 Å². The fourth-order valence-electron chi connectivity index (χ4n) is 4.74. The molecule has 1 aliphatic rings. The highest BCUT2D eigenvalue weighted by Gasteiger charge is 2.20. The first kappa shape index (κ1) is 35.5. The number of ether oxygens (including phenoxy) is 1. The van der Waals surface area contributed by atoms with Crippen molar-refractivity contribution in [1.29, 1.82) is 0 Å². The number of carboxylic acids is 1. The molecule has 0 aliphatic carbocycles. The minimum absolute atomic E-state index is 0.155. The Morgan fingerprint density at radius 1 is 0.854 bits per heavy atom. The second-order valence-electron chi connectivity index (χ2n) is 12.6. The summed E-state index contributed by atoms with van der Waals surface area (Å²) in [6.07, 6.45) is 4.24. The first-order valence-corrected chi connectivity index (χ1v) is 16.2. The molecule has 0 bridgehead atoms. The Morgan fingerprint density at radius 2 is 1.44 bits per heavy atom. The zero-order valence-electron chi connectivity index (χ0n) is 28.2. The van der Waals surface area contributed by atoms with Crippen LogP contribution in [0, 0.1) is 5.92 Å². The van der Waals surface area contributed by atoms with E-state index in [2.05, 4.69) is 45.2 Å². The average molecular weight is 656 g/mol. The van der Waals surface area contributed by atoms with Crippen molar-refractivity contribution in [2.24, 2.45) is 15.9 Å². The van der Waals surface area contributed by atoms with E-state index in [4.69, 9.17) is 4.74 Å². The molecule has 1 atom stereocenters. The number of rotatable bonds is 13. The van der Waals surface area contributed by atoms with Crippen molar-refractivity contribution < 1.29 is 24.2 Å². The van der Waals surface area contributed by atoms with Gasteiger partial charge in [-0.3, -0.25) is 10.2 Å². The van der Waals surface area contributed by atoms with Crippen LogP contribution in [0.4, 0.5) is 17.1 Å². The predicted molar refractivity (Wildman–Crippen MR) is 190 cm³/mol. The Labute approximate surface area is 281 Å². The molecule has 48 heavy (non-hydrogen) atoms. The summed E-state index contributed by atoms with van der Waals surface area (Å²) in [7, 11) is 0. The number of esters is 1. The number of hydrazine groups is 1. The van der Waals surface area contributed by atoms with Gasteiger partial charge in [-0.15, -0.1) is 0 Å². The Hall–Kier alpha value is -5.39. The summed E-state index contributed by atoms with van der Waals surface area (Å²) < 4.78 is 5.60. The first-order valence-electron chi connectivity index (χ1n) is 16.2. The lowest BCUT2D eigenvalue weighted by molar-refractivity contribution is 0.0427. The molecule has 1 aliphatic heterocycles. The fraction of sp³-hybridized carbons (Fsp3) is 0.361. The van der Waals surface area contributed by atoms with Gasteiger partial charge in [-0.05, 0) is 106 Å². The molecular weight excluding hydrogens is 610 g/mol. The summed E-state index contributed by atoms with van der Waals surface area (Å²) in [5, 5.41) is 20.3. The van der Waals surface area contributed by atoms with Crippen molar-refractivity contribution in [1.82, 2.24) is 10.3 Å². The van der Waals surface area contributed by atoms with Crippen molar-refractivity contribution in [3.05, 3.63) is 89.5 Å². The third-order valence-corrected chi connectivity index (χ3v) is 7.49. The van der Waals surface area contributed by atoms with E-state index < -0.39 is 5.97 Å². The summed E-state index contributed by atoms with van der Waals surface area (Å²) in [5.74, 6) is -0.456. The minimum atomic E-state index is -1.01. The normalized spacial score (nSPS) is 13.5. The smallest absolute Gasteiger partial charge is 0.338 e. The van der Waals surface area contributed by atoms with E-state index >= 15 is 0 Å². The number of aliphatic imine (C=N–C) groups is 2. The number of carbonyl (C=O) groups excluding carboxylic acids is 2. The van der Waals surface area contributed by atoms with Gasteiger partial charge >= 0.3 is 11.9 Å². The molecule has 0 fully saturated rings. The van der Waals surface area contributed by atoms with Crippen molar-refractivity contribution >= 4 is 46.8 Å². The van der Waals surface area contributed by atoms with Crippen LogP contribution in [-0.2, 0) is 4.74 Å². The molecule has 12 nitrogen and oxygen atoms in total. The SMILES string of the molecule is CCCCC(CC)COC(=O)c1ccc(NC2=NC(Nc3ccc(C(=O)NC(C)(C)C)cc3)=NCN2Nc2ccc(C(=O)O)cc2)cc1. The van der Waals surface area contributed by atoms with Gasteiger partial charge in [0.05, 0.1) is 23.4 Å². The number of nitrogens with one attached hydrogen (secondary N) is 4. The highest BCUT2D eigenvalue weighted by atomic mass is 16.5. The standard InChI is InChI=1S/C36H45N7O5/c1-6-8-9-24(7-2)22-48-33(47)27-14-18-29(19-15-27)39-35-40-34(37-23-43(35)42-30-20-12-26(13-21-30)32(45)46)38-28-16-10-25(11-17-28)31(44)41-36(3,4)5/h10-21,24,42H,6-9,22-23H2,1-5H3,(H,41,44)(H,45,46)(H2,37,38,39,40). The van der Waals surface area contributed by atoms with Crippen LogP contribution in [0.1, 0.15) is 91.4 Å². The van der Waals surface area contributed by atoms with Gasteiger partial charge in [-0.25, -0.2) is 19.6 Å². The highest BCUT2D eigenvalue weighted by Crippen LogP contribution is 2.19. The summed E-state index contributed by atoms with van der Waals surface area (Å²) in [6.45, 7) is 10.6. The number of aromatic carboxylic acids is 1. The number of carbonyl (C=O) groups is 3. The molecule has 1 amide bonds. The van der Waals surface area contributed by atoms with Gasteiger partial charge < -0.3 is 25.8 Å². The van der Waals surface area contributed by atoms with Crippen LogP contribution in [0.2, 0.25) is 0 Å². The van der Waals surface area contributed by atoms with Crippen LogP contribution in [-0.4, -0.2) is 58.7 Å². The van der Waals surface area contributed by atoms with E-state index in [1.165, 1.54) is 12.1 Å². The lowest BCUT2D eigenvalue weighted by Gasteiger charge is -2.29. The van der Waals surface area contributed by atoms with Crippen LogP contribution in [0.3, 0.4) is 0 Å². The second-order valence-corrected chi connectivity index (χ2v) is 12.6. The van der Waals surface area contributed by atoms with E-state index in [0.29, 0.717) is 52.6 Å². The quantitative estimate of drug-likeness (QED) is 0.125. The molecule has 5 N–H and O–H groups in total. The van der Waals surface area contributed by atoms with E-state index in [-0.39, 0.29) is 29.6 Å². The Bertz CT molecular complexity index is 1610. The number of hydrogen-bond donors (Lipinski definition) is 5. The van der Waals surface area contributed by atoms with Crippen LogP contribution in [0.25, 0.3) is 0 Å². The lowest BCUT2D eigenvalue weighted by atomic mass is 10.0. The van der Waals surface area contributed by atoms with Crippen LogP contribution in [0.5, 0.6) is 0 Å². The van der Waals surface area contributed by atoms with Gasteiger partial charge in [0, 0.05) is 22.5 Å². The van der Waals surface area contributed by atoms with Gasteiger partial charge in [0.2, 0.25) is 11.9 Å². The average Bonchev–Trinajstić information content (AvgIpc) is 3.06. The molecule has 1 unspecified atom stereocenters. The zero-order chi connectivity index (χ0) is 34.7. The van der Waals surface area contributed by atoms with Crippen LogP contribution >= 0.6 is 0 Å². The molecule has 254 valence electrons. The molecule has 3 aromatic rings. The molecule has 0 saturated carbocycles. The molecule has 12 heteroatoms. The molecule has 4 rings (SSSR count). The van der Waals surface area contributed by atoms with E-state index in [9.17, 15) is 19.5 Å². The maximum absolute atomic E-state index is 12.7. The first-order chi connectivity index (χ1) is 22.9. The molecule has 1 heterocycles. The monoisotopic (exact) mass is 655 g/mol. The number of amides is 1. The highest BCUT2D eigenvalue weighted by molar-refractivity contribution is 6.08. The Kier molecular flexibility index (Phi) is 12.1. The fourth-order valence-corrected chi connectivity index (χ4v) is 4.74. The van der Waals surface area contributed by atoms with E-state index in [0.717, 1.165) is 25.7 Å². The molecular formula is C36H45N7O5. The number of nitrogens with zero attached hydrogens (tertiary/aromatic N) is 3. The Balaban J connectivity index is 1.48. The van der Waals surface area contributed by atoms with Gasteiger partial charge in [0.15, 0.2) is 0 Å². The molecule has 3 aromatic carbocycles. The Morgan fingerprint density at radius 3 is 2.02 bits per heavy atom. The minimum Gasteiger partial charge on any atom is -0.478 e. The number of guanidine groups is 2. The largest absolute Gasteiger partial charge is 0.478 e. The summed E-state index contributed by atoms with van der Waals surface area (Å²) in [5.41, 5.74) is 6.01. The van der Waals surface area contributed by atoms with E-state index in [1.54, 1.807) is 65.7 Å². The number of hydrogen-bond acceptors (Lipinski definition) is 10. The van der Waals surface area contributed by atoms with Crippen molar-refractivity contribution in [2.45, 2.75) is 65.8 Å². The maximum Gasteiger partial charge on any atom is 0.338 e. The third kappa shape index (κ3) is 10.6. The number of benzene rings is 3. The van der Waals surface area contributed by atoms with Crippen LogP contribution in [0.15, 0.2) is 82.8 Å². The molecule has 0 radical (unpaired) electrons. The number of anilines is 3. The van der Waals surface area contributed by atoms with E-state index in [1.807, 2.05) is 20.8 Å². The van der Waals surface area contributed by atoms with Crippen molar-refractivity contribution in [3.63, 3.8) is 0 Å². The van der Waals surface area contributed by atoms with Gasteiger partial charge in [0.25, 0.3) is 5.91 Å².